The van der Waals surface area contributed by atoms with E-state index in [0.29, 0.717) is 23.9 Å². The van der Waals surface area contributed by atoms with Gasteiger partial charge in [0.15, 0.2) is 5.78 Å². The summed E-state index contributed by atoms with van der Waals surface area (Å²) in [6.45, 7) is 2.18. The number of ether oxygens (including phenoxy) is 1. The first-order valence-electron chi connectivity index (χ1n) is 10.8. The van der Waals surface area contributed by atoms with Crippen molar-refractivity contribution in [2.75, 3.05) is 11.9 Å². The van der Waals surface area contributed by atoms with Crippen LogP contribution in [0, 0.1) is 11.8 Å². The van der Waals surface area contributed by atoms with Gasteiger partial charge in [-0.05, 0) is 62.8 Å². The van der Waals surface area contributed by atoms with Crippen molar-refractivity contribution in [2.45, 2.75) is 77.2 Å². The van der Waals surface area contributed by atoms with E-state index in [-0.39, 0.29) is 17.9 Å². The summed E-state index contributed by atoms with van der Waals surface area (Å²) >= 11 is 0. The SMILES string of the molecule is CCOC(=O)c1ccc(N[C@@H](C(=O)C2CCCCC2)C2CCCCC2)cc1. The van der Waals surface area contributed by atoms with Crippen molar-refractivity contribution >= 4 is 17.4 Å². The summed E-state index contributed by atoms with van der Waals surface area (Å²) in [7, 11) is 0. The minimum atomic E-state index is -0.300. The minimum absolute atomic E-state index is 0.0955. The minimum Gasteiger partial charge on any atom is -0.462 e. The Morgan fingerprint density at radius 3 is 2.15 bits per heavy atom. The van der Waals surface area contributed by atoms with E-state index in [9.17, 15) is 9.59 Å². The molecule has 0 saturated heterocycles. The van der Waals surface area contributed by atoms with E-state index in [0.717, 1.165) is 31.4 Å². The average Bonchev–Trinajstić information content (AvgIpc) is 2.73. The van der Waals surface area contributed by atoms with Crippen molar-refractivity contribution in [1.82, 2.24) is 0 Å². The van der Waals surface area contributed by atoms with Gasteiger partial charge in [-0.2, -0.15) is 0 Å². The van der Waals surface area contributed by atoms with E-state index in [2.05, 4.69) is 5.32 Å². The molecular formula is C23H33NO3. The number of nitrogens with one attached hydrogen (secondary N) is 1. The number of carbonyl (C=O) groups excluding carboxylic acids is 2. The Morgan fingerprint density at radius 1 is 0.963 bits per heavy atom. The summed E-state index contributed by atoms with van der Waals surface area (Å²) in [5.41, 5.74) is 1.47. The summed E-state index contributed by atoms with van der Waals surface area (Å²) in [4.78, 5) is 25.2. The first kappa shape index (κ1) is 19.9. The van der Waals surface area contributed by atoms with Gasteiger partial charge in [0.05, 0.1) is 18.2 Å². The van der Waals surface area contributed by atoms with E-state index < -0.39 is 0 Å². The topological polar surface area (TPSA) is 55.4 Å². The van der Waals surface area contributed by atoms with Crippen LogP contribution in [0.3, 0.4) is 0 Å². The molecule has 0 heterocycles. The second kappa shape index (κ2) is 9.91. The zero-order chi connectivity index (χ0) is 19.1. The zero-order valence-corrected chi connectivity index (χ0v) is 16.5. The Morgan fingerprint density at radius 2 is 1.56 bits per heavy atom. The predicted molar refractivity (Wildman–Crippen MR) is 108 cm³/mol. The van der Waals surface area contributed by atoms with Gasteiger partial charge in [-0.25, -0.2) is 4.79 Å². The van der Waals surface area contributed by atoms with Crippen molar-refractivity contribution in [3.05, 3.63) is 29.8 Å². The lowest BCUT2D eigenvalue weighted by atomic mass is 9.76. The fourth-order valence-electron chi connectivity index (χ4n) is 4.63. The van der Waals surface area contributed by atoms with Crippen molar-refractivity contribution in [2.24, 2.45) is 11.8 Å². The molecule has 0 aromatic heterocycles. The van der Waals surface area contributed by atoms with Crippen LogP contribution in [0.2, 0.25) is 0 Å². The van der Waals surface area contributed by atoms with Gasteiger partial charge in [-0.1, -0.05) is 38.5 Å². The molecule has 1 atom stereocenters. The fraction of sp³-hybridized carbons (Fsp3) is 0.652. The van der Waals surface area contributed by atoms with Crippen molar-refractivity contribution in [3.8, 4) is 0 Å². The highest BCUT2D eigenvalue weighted by atomic mass is 16.5. The number of benzene rings is 1. The lowest BCUT2D eigenvalue weighted by Gasteiger charge is -2.34. The number of Topliss-reactive ketones (excluding diaryl/α,β-unsaturated/α-hetero) is 1. The lowest BCUT2D eigenvalue weighted by molar-refractivity contribution is -0.125. The first-order valence-corrected chi connectivity index (χ1v) is 10.8. The van der Waals surface area contributed by atoms with Crippen LogP contribution < -0.4 is 5.32 Å². The van der Waals surface area contributed by atoms with Gasteiger partial charge in [-0.3, -0.25) is 4.79 Å². The summed E-state index contributed by atoms with van der Waals surface area (Å²) in [6.07, 6.45) is 11.7. The fourth-order valence-corrected chi connectivity index (χ4v) is 4.63. The predicted octanol–water partition coefficient (Wildman–Crippen LogP) is 5.37. The van der Waals surface area contributed by atoms with Crippen LogP contribution in [0.4, 0.5) is 5.69 Å². The molecule has 0 bridgehead atoms. The molecule has 2 saturated carbocycles. The molecule has 1 aromatic rings. The molecule has 0 unspecified atom stereocenters. The monoisotopic (exact) mass is 371 g/mol. The average molecular weight is 372 g/mol. The molecule has 2 fully saturated rings. The molecule has 0 radical (unpaired) electrons. The Kier molecular flexibility index (Phi) is 7.31. The standard InChI is InChI=1S/C23H33NO3/c1-2-27-23(26)19-13-15-20(16-14-19)24-21(17-9-5-3-6-10-17)22(25)18-11-7-4-8-12-18/h13-18,21,24H,2-12H2,1H3/t21-/m1/s1. The van der Waals surface area contributed by atoms with E-state index in [1.807, 2.05) is 12.1 Å². The Hall–Kier alpha value is -1.84. The number of rotatable bonds is 7. The Bertz CT molecular complexity index is 613. The quantitative estimate of drug-likeness (QED) is 0.654. The third-order valence-electron chi connectivity index (χ3n) is 6.15. The first-order chi connectivity index (χ1) is 13.2. The van der Waals surface area contributed by atoms with Crippen molar-refractivity contribution < 1.29 is 14.3 Å². The highest BCUT2D eigenvalue weighted by molar-refractivity contribution is 5.91. The van der Waals surface area contributed by atoms with Gasteiger partial charge >= 0.3 is 5.97 Å². The van der Waals surface area contributed by atoms with Crippen LogP contribution in [0.25, 0.3) is 0 Å². The van der Waals surface area contributed by atoms with Crippen LogP contribution in [-0.4, -0.2) is 24.4 Å². The third-order valence-corrected chi connectivity index (χ3v) is 6.15. The van der Waals surface area contributed by atoms with E-state index in [1.54, 1.807) is 19.1 Å². The van der Waals surface area contributed by atoms with Crippen LogP contribution in [0.15, 0.2) is 24.3 Å². The second-order valence-electron chi connectivity index (χ2n) is 8.06. The number of ketones is 1. The van der Waals surface area contributed by atoms with Crippen LogP contribution in [0.1, 0.15) is 81.5 Å². The summed E-state index contributed by atoms with van der Waals surface area (Å²) in [6, 6.07) is 7.26. The second-order valence-corrected chi connectivity index (χ2v) is 8.06. The molecule has 0 amide bonds. The number of hydrogen-bond donors (Lipinski definition) is 1. The summed E-state index contributed by atoms with van der Waals surface area (Å²) in [5, 5.41) is 3.54. The van der Waals surface area contributed by atoms with Gasteiger partial charge < -0.3 is 10.1 Å². The molecule has 27 heavy (non-hydrogen) atoms. The maximum atomic E-state index is 13.3. The number of esters is 1. The van der Waals surface area contributed by atoms with Crippen LogP contribution in [0.5, 0.6) is 0 Å². The molecular weight excluding hydrogens is 338 g/mol. The zero-order valence-electron chi connectivity index (χ0n) is 16.5. The number of hydrogen-bond acceptors (Lipinski definition) is 4. The van der Waals surface area contributed by atoms with Gasteiger partial charge in [-0.15, -0.1) is 0 Å². The van der Waals surface area contributed by atoms with Gasteiger partial charge in [0.25, 0.3) is 0 Å². The van der Waals surface area contributed by atoms with Crippen LogP contribution >= 0.6 is 0 Å². The molecule has 1 aromatic carbocycles. The van der Waals surface area contributed by atoms with Crippen molar-refractivity contribution in [3.63, 3.8) is 0 Å². The van der Waals surface area contributed by atoms with E-state index in [1.165, 1.54) is 38.5 Å². The van der Waals surface area contributed by atoms with E-state index in [4.69, 9.17) is 4.74 Å². The molecule has 0 aliphatic heterocycles. The highest BCUT2D eigenvalue weighted by Crippen LogP contribution is 2.33. The third kappa shape index (κ3) is 5.33. The Balaban J connectivity index is 1.72. The Labute approximate surface area is 163 Å². The molecule has 2 aliphatic rings. The maximum Gasteiger partial charge on any atom is 0.338 e. The summed E-state index contributed by atoms with van der Waals surface area (Å²) < 4.78 is 5.05. The van der Waals surface area contributed by atoms with Gasteiger partial charge in [0.2, 0.25) is 0 Å². The molecule has 3 rings (SSSR count). The van der Waals surface area contributed by atoms with E-state index >= 15 is 0 Å². The molecule has 0 spiro atoms. The lowest BCUT2D eigenvalue weighted by Crippen LogP contribution is -2.42. The molecule has 4 heteroatoms. The maximum absolute atomic E-state index is 13.3. The van der Waals surface area contributed by atoms with Gasteiger partial charge in [0.1, 0.15) is 0 Å². The smallest absolute Gasteiger partial charge is 0.338 e. The van der Waals surface area contributed by atoms with Crippen LogP contribution in [-0.2, 0) is 9.53 Å². The van der Waals surface area contributed by atoms with Gasteiger partial charge in [0, 0.05) is 11.6 Å². The molecule has 148 valence electrons. The molecule has 1 N–H and O–H groups in total. The highest BCUT2D eigenvalue weighted by Gasteiger charge is 2.34. The number of carbonyl (C=O) groups is 2. The molecule has 2 aliphatic carbocycles. The normalized spacial score (nSPS) is 20.0. The molecule has 4 nitrogen and oxygen atoms in total. The largest absolute Gasteiger partial charge is 0.462 e. The summed E-state index contributed by atoms with van der Waals surface area (Å²) in [5.74, 6) is 0.761. The number of anilines is 1. The van der Waals surface area contributed by atoms with Crippen molar-refractivity contribution in [1.29, 1.82) is 0 Å².